The second-order valence-corrected chi connectivity index (χ2v) is 2.31. The average Bonchev–Trinajstić information content (AvgIpc) is 2.05. The van der Waals surface area contributed by atoms with Crippen molar-refractivity contribution >= 4 is 11.9 Å². The molecular weight excluding hydrogens is 186 g/mol. The number of primary amides is 1. The molecule has 3 N–H and O–H groups in total. The van der Waals surface area contributed by atoms with E-state index in [1.54, 1.807) is 13.8 Å². The number of aliphatic hydroxyl groups excluding tert-OH is 1. The SMILES string of the molecule is C=C(C)C(N)=O.C=C(O)C(=O)OCC. The summed E-state index contributed by atoms with van der Waals surface area (Å²) in [7, 11) is 0. The number of carbonyl (C=O) groups excluding carboxylic acids is 2. The summed E-state index contributed by atoms with van der Waals surface area (Å²) in [5.41, 5.74) is 5.09. The third-order valence-corrected chi connectivity index (χ3v) is 0.932. The van der Waals surface area contributed by atoms with Crippen LogP contribution in [-0.2, 0) is 14.3 Å². The molecule has 0 rings (SSSR count). The Kier molecular flexibility index (Phi) is 8.26. The first-order valence-corrected chi connectivity index (χ1v) is 3.83. The van der Waals surface area contributed by atoms with Gasteiger partial charge in [-0.15, -0.1) is 0 Å². The van der Waals surface area contributed by atoms with Gasteiger partial charge in [-0.2, -0.15) is 0 Å². The topological polar surface area (TPSA) is 89.6 Å². The van der Waals surface area contributed by atoms with E-state index in [2.05, 4.69) is 17.9 Å². The van der Waals surface area contributed by atoms with E-state index in [4.69, 9.17) is 10.8 Å². The Morgan fingerprint density at radius 3 is 1.86 bits per heavy atom. The first-order valence-electron chi connectivity index (χ1n) is 3.83. The predicted molar refractivity (Wildman–Crippen MR) is 52.4 cm³/mol. The van der Waals surface area contributed by atoms with Crippen LogP contribution >= 0.6 is 0 Å². The molecular formula is C9H15NO4. The summed E-state index contributed by atoms with van der Waals surface area (Å²) in [6.45, 7) is 9.72. The number of aliphatic hydroxyl groups is 1. The zero-order chi connectivity index (χ0) is 11.7. The quantitative estimate of drug-likeness (QED) is 0.399. The van der Waals surface area contributed by atoms with Crippen LogP contribution < -0.4 is 5.73 Å². The Bertz CT molecular complexity index is 233. The molecule has 0 saturated heterocycles. The highest BCUT2D eigenvalue weighted by Crippen LogP contribution is 1.85. The van der Waals surface area contributed by atoms with Crippen LogP contribution in [-0.4, -0.2) is 23.6 Å². The monoisotopic (exact) mass is 201 g/mol. The molecule has 0 unspecified atom stereocenters. The number of carbonyl (C=O) groups is 2. The molecule has 0 aromatic heterocycles. The highest BCUT2D eigenvalue weighted by molar-refractivity contribution is 5.90. The fourth-order valence-corrected chi connectivity index (χ4v) is 0.214. The molecule has 5 heteroatoms. The molecule has 0 aliphatic carbocycles. The van der Waals surface area contributed by atoms with Crippen LogP contribution in [0.4, 0.5) is 0 Å². The third kappa shape index (κ3) is 10.2. The molecule has 0 aliphatic rings. The van der Waals surface area contributed by atoms with Crippen LogP contribution in [0.15, 0.2) is 24.5 Å². The smallest absolute Gasteiger partial charge is 0.372 e. The Morgan fingerprint density at radius 2 is 1.79 bits per heavy atom. The van der Waals surface area contributed by atoms with Gasteiger partial charge in [0.15, 0.2) is 5.76 Å². The average molecular weight is 201 g/mol. The lowest BCUT2D eigenvalue weighted by molar-refractivity contribution is -0.141. The lowest BCUT2D eigenvalue weighted by atomic mass is 10.3. The van der Waals surface area contributed by atoms with E-state index >= 15 is 0 Å². The standard InChI is InChI=1S/C5H8O3.C4H7NO/c1-3-8-5(7)4(2)6;1-3(2)4(5)6/h6H,2-3H2,1H3;1H2,2H3,(H2,5,6). The van der Waals surface area contributed by atoms with Crippen molar-refractivity contribution in [3.63, 3.8) is 0 Å². The molecule has 80 valence electrons. The number of nitrogens with two attached hydrogens (primary N) is 1. The third-order valence-electron chi connectivity index (χ3n) is 0.932. The van der Waals surface area contributed by atoms with Gasteiger partial charge in [-0.25, -0.2) is 4.79 Å². The Hall–Kier alpha value is -1.78. The van der Waals surface area contributed by atoms with Crippen molar-refractivity contribution < 1.29 is 19.4 Å². The van der Waals surface area contributed by atoms with E-state index < -0.39 is 17.6 Å². The molecule has 0 fully saturated rings. The van der Waals surface area contributed by atoms with Crippen molar-refractivity contribution in [2.75, 3.05) is 6.61 Å². The minimum Gasteiger partial charge on any atom is -0.502 e. The van der Waals surface area contributed by atoms with E-state index in [1.807, 2.05) is 0 Å². The van der Waals surface area contributed by atoms with Gasteiger partial charge in [0.25, 0.3) is 0 Å². The van der Waals surface area contributed by atoms with Crippen LogP contribution in [0.3, 0.4) is 0 Å². The second-order valence-electron chi connectivity index (χ2n) is 2.31. The van der Waals surface area contributed by atoms with Gasteiger partial charge >= 0.3 is 5.97 Å². The van der Waals surface area contributed by atoms with Gasteiger partial charge in [0.2, 0.25) is 5.91 Å². The van der Waals surface area contributed by atoms with Gasteiger partial charge < -0.3 is 15.6 Å². The zero-order valence-electron chi connectivity index (χ0n) is 8.37. The normalized spacial score (nSPS) is 7.86. The van der Waals surface area contributed by atoms with Crippen molar-refractivity contribution in [3.05, 3.63) is 24.5 Å². The summed E-state index contributed by atoms with van der Waals surface area (Å²) in [4.78, 5) is 20.0. The molecule has 0 aromatic rings. The maximum absolute atomic E-state index is 10.2. The number of ether oxygens (including phenoxy) is 1. The van der Waals surface area contributed by atoms with Gasteiger partial charge in [-0.05, 0) is 20.4 Å². The molecule has 0 atom stereocenters. The van der Waals surface area contributed by atoms with Crippen molar-refractivity contribution in [1.82, 2.24) is 0 Å². The van der Waals surface area contributed by atoms with Crippen molar-refractivity contribution in [1.29, 1.82) is 0 Å². The fraction of sp³-hybridized carbons (Fsp3) is 0.333. The van der Waals surface area contributed by atoms with E-state index in [0.717, 1.165) is 0 Å². The maximum atomic E-state index is 10.2. The van der Waals surface area contributed by atoms with Crippen molar-refractivity contribution in [3.8, 4) is 0 Å². The first kappa shape index (κ1) is 14.7. The summed E-state index contributed by atoms with van der Waals surface area (Å²) >= 11 is 0. The molecule has 5 nitrogen and oxygen atoms in total. The lowest BCUT2D eigenvalue weighted by Gasteiger charge is -1.95. The largest absolute Gasteiger partial charge is 0.502 e. The zero-order valence-corrected chi connectivity index (χ0v) is 8.37. The van der Waals surface area contributed by atoms with Gasteiger partial charge in [-0.1, -0.05) is 6.58 Å². The number of hydrogen-bond acceptors (Lipinski definition) is 4. The van der Waals surface area contributed by atoms with E-state index in [0.29, 0.717) is 5.57 Å². The molecule has 0 radical (unpaired) electrons. The molecule has 1 amide bonds. The van der Waals surface area contributed by atoms with E-state index in [-0.39, 0.29) is 6.61 Å². The molecule has 0 saturated carbocycles. The molecule has 14 heavy (non-hydrogen) atoms. The van der Waals surface area contributed by atoms with Crippen LogP contribution in [0.2, 0.25) is 0 Å². The van der Waals surface area contributed by atoms with Crippen LogP contribution in [0, 0.1) is 0 Å². The first-order chi connectivity index (χ1) is 6.32. The molecule has 0 aliphatic heterocycles. The fourth-order valence-electron chi connectivity index (χ4n) is 0.214. The molecule has 0 aromatic carbocycles. The minimum absolute atomic E-state index is 0.262. The van der Waals surface area contributed by atoms with Crippen molar-refractivity contribution in [2.24, 2.45) is 5.73 Å². The summed E-state index contributed by atoms with van der Waals surface area (Å²) in [5.74, 6) is -1.74. The van der Waals surface area contributed by atoms with E-state index in [9.17, 15) is 9.59 Å². The minimum atomic E-state index is -0.757. The van der Waals surface area contributed by atoms with Crippen LogP contribution in [0.1, 0.15) is 13.8 Å². The summed E-state index contributed by atoms with van der Waals surface area (Å²) in [5, 5.41) is 8.28. The van der Waals surface area contributed by atoms with Gasteiger partial charge in [-0.3, -0.25) is 4.79 Å². The highest BCUT2D eigenvalue weighted by atomic mass is 16.5. The van der Waals surface area contributed by atoms with Gasteiger partial charge in [0, 0.05) is 5.57 Å². The highest BCUT2D eigenvalue weighted by Gasteiger charge is 2.01. The van der Waals surface area contributed by atoms with Crippen LogP contribution in [0.5, 0.6) is 0 Å². The van der Waals surface area contributed by atoms with Gasteiger partial charge in [0.05, 0.1) is 6.61 Å². The number of amides is 1. The maximum Gasteiger partial charge on any atom is 0.372 e. The van der Waals surface area contributed by atoms with Crippen LogP contribution in [0.25, 0.3) is 0 Å². The molecule has 0 bridgehead atoms. The Labute approximate surface area is 82.9 Å². The summed E-state index contributed by atoms with van der Waals surface area (Å²) in [6, 6.07) is 0. The lowest BCUT2D eigenvalue weighted by Crippen LogP contribution is -2.10. The Balaban J connectivity index is 0. The second kappa shape index (κ2) is 7.85. The predicted octanol–water partition coefficient (Wildman–Crippen LogP) is 0.669. The summed E-state index contributed by atoms with van der Waals surface area (Å²) in [6.07, 6.45) is 0. The number of rotatable bonds is 3. The number of hydrogen-bond donors (Lipinski definition) is 2. The summed E-state index contributed by atoms with van der Waals surface area (Å²) < 4.78 is 4.31. The Morgan fingerprint density at radius 1 is 1.43 bits per heavy atom. The molecule has 0 spiro atoms. The van der Waals surface area contributed by atoms with E-state index in [1.165, 1.54) is 0 Å². The van der Waals surface area contributed by atoms with Crippen molar-refractivity contribution in [2.45, 2.75) is 13.8 Å². The number of esters is 1. The van der Waals surface area contributed by atoms with Gasteiger partial charge in [0.1, 0.15) is 0 Å². The molecule has 0 heterocycles.